The zero-order chi connectivity index (χ0) is 12.5. The first-order chi connectivity index (χ1) is 8.24. The average molecular weight is 255 g/mol. The van der Waals surface area contributed by atoms with Gasteiger partial charge in [-0.05, 0) is 25.0 Å². The summed E-state index contributed by atoms with van der Waals surface area (Å²) in [4.78, 5) is 4.12. The van der Waals surface area contributed by atoms with Crippen LogP contribution in [0.4, 0.5) is 5.69 Å². The van der Waals surface area contributed by atoms with Crippen molar-refractivity contribution in [3.8, 4) is 0 Å². The van der Waals surface area contributed by atoms with Crippen LogP contribution in [0.15, 0.2) is 12.3 Å². The summed E-state index contributed by atoms with van der Waals surface area (Å²) >= 11 is 6.00. The molecule has 1 N–H and O–H groups in total. The van der Waals surface area contributed by atoms with Crippen molar-refractivity contribution in [2.24, 2.45) is 0 Å². The fourth-order valence-corrected chi connectivity index (χ4v) is 1.98. The Morgan fingerprint density at radius 3 is 2.65 bits per heavy atom. The van der Waals surface area contributed by atoms with E-state index in [0.29, 0.717) is 5.15 Å². The van der Waals surface area contributed by atoms with E-state index in [4.69, 9.17) is 11.6 Å². The van der Waals surface area contributed by atoms with Crippen LogP contribution in [0.2, 0.25) is 5.15 Å². The standard InChI is InChI=1S/C14H23ClN2/c1-3-4-5-6-7-8-9-16-13-10-12(2)11-17-14(13)15/h10-11,16H,3-9H2,1-2H3. The zero-order valence-electron chi connectivity index (χ0n) is 10.9. The van der Waals surface area contributed by atoms with E-state index in [-0.39, 0.29) is 0 Å². The SMILES string of the molecule is CCCCCCCCNc1cc(C)cnc1Cl. The summed E-state index contributed by atoms with van der Waals surface area (Å²) in [6.45, 7) is 5.25. The van der Waals surface area contributed by atoms with Gasteiger partial charge in [0.2, 0.25) is 0 Å². The molecule has 17 heavy (non-hydrogen) atoms. The lowest BCUT2D eigenvalue weighted by molar-refractivity contribution is 0.617. The molecule has 2 nitrogen and oxygen atoms in total. The second kappa shape index (κ2) is 8.35. The van der Waals surface area contributed by atoms with Crippen LogP contribution >= 0.6 is 11.6 Å². The number of nitrogens with zero attached hydrogens (tertiary/aromatic N) is 1. The Balaban J connectivity index is 2.15. The van der Waals surface area contributed by atoms with Gasteiger partial charge in [0.25, 0.3) is 0 Å². The topological polar surface area (TPSA) is 24.9 Å². The molecular weight excluding hydrogens is 232 g/mol. The molecule has 96 valence electrons. The highest BCUT2D eigenvalue weighted by atomic mass is 35.5. The van der Waals surface area contributed by atoms with E-state index in [0.717, 1.165) is 17.8 Å². The molecule has 0 unspecified atom stereocenters. The molecule has 1 aromatic heterocycles. The lowest BCUT2D eigenvalue weighted by atomic mass is 10.1. The summed E-state index contributed by atoms with van der Waals surface area (Å²) in [6.07, 6.45) is 9.67. The number of anilines is 1. The van der Waals surface area contributed by atoms with Gasteiger partial charge in [0.1, 0.15) is 0 Å². The van der Waals surface area contributed by atoms with Crippen LogP contribution in [-0.2, 0) is 0 Å². The third kappa shape index (κ3) is 5.92. The third-order valence-corrected chi connectivity index (χ3v) is 3.12. The number of aromatic nitrogens is 1. The van der Waals surface area contributed by atoms with Gasteiger partial charge in [-0.25, -0.2) is 4.98 Å². The van der Waals surface area contributed by atoms with Crippen molar-refractivity contribution in [2.75, 3.05) is 11.9 Å². The van der Waals surface area contributed by atoms with E-state index in [2.05, 4.69) is 17.2 Å². The summed E-state index contributed by atoms with van der Waals surface area (Å²) in [5, 5.41) is 3.92. The van der Waals surface area contributed by atoms with Crippen molar-refractivity contribution < 1.29 is 0 Å². The number of pyridine rings is 1. The normalized spacial score (nSPS) is 10.5. The average Bonchev–Trinajstić information content (AvgIpc) is 2.32. The minimum Gasteiger partial charge on any atom is -0.383 e. The van der Waals surface area contributed by atoms with E-state index in [1.54, 1.807) is 6.20 Å². The van der Waals surface area contributed by atoms with Gasteiger partial charge in [-0.15, -0.1) is 0 Å². The van der Waals surface area contributed by atoms with Gasteiger partial charge in [0, 0.05) is 12.7 Å². The zero-order valence-corrected chi connectivity index (χ0v) is 11.7. The predicted molar refractivity (Wildman–Crippen MR) is 75.8 cm³/mol. The minimum absolute atomic E-state index is 0.571. The van der Waals surface area contributed by atoms with Gasteiger partial charge in [0.15, 0.2) is 5.15 Å². The monoisotopic (exact) mass is 254 g/mol. The molecule has 0 bridgehead atoms. The molecule has 0 aromatic carbocycles. The Hall–Kier alpha value is -0.760. The molecule has 0 spiro atoms. The van der Waals surface area contributed by atoms with E-state index in [1.165, 1.54) is 38.5 Å². The van der Waals surface area contributed by atoms with Crippen LogP contribution < -0.4 is 5.32 Å². The highest BCUT2D eigenvalue weighted by molar-refractivity contribution is 6.31. The highest BCUT2D eigenvalue weighted by Gasteiger charge is 2.00. The van der Waals surface area contributed by atoms with Gasteiger partial charge in [0.05, 0.1) is 5.69 Å². The molecule has 1 aromatic rings. The van der Waals surface area contributed by atoms with Crippen molar-refractivity contribution in [3.63, 3.8) is 0 Å². The summed E-state index contributed by atoms with van der Waals surface area (Å²) in [5.74, 6) is 0. The van der Waals surface area contributed by atoms with Crippen LogP contribution in [0.5, 0.6) is 0 Å². The molecule has 0 fully saturated rings. The first-order valence-corrected chi connectivity index (χ1v) is 6.98. The number of nitrogens with one attached hydrogen (secondary N) is 1. The summed E-state index contributed by atoms with van der Waals surface area (Å²) in [7, 11) is 0. The number of hydrogen-bond donors (Lipinski definition) is 1. The molecule has 0 aliphatic heterocycles. The van der Waals surface area contributed by atoms with Crippen LogP contribution in [-0.4, -0.2) is 11.5 Å². The van der Waals surface area contributed by atoms with Gasteiger partial charge in [-0.2, -0.15) is 0 Å². The number of rotatable bonds is 8. The molecule has 0 aliphatic carbocycles. The van der Waals surface area contributed by atoms with Crippen molar-refractivity contribution >= 4 is 17.3 Å². The maximum atomic E-state index is 6.00. The van der Waals surface area contributed by atoms with Gasteiger partial charge >= 0.3 is 0 Å². The van der Waals surface area contributed by atoms with E-state index in [9.17, 15) is 0 Å². The summed E-state index contributed by atoms with van der Waals surface area (Å²) in [5.41, 5.74) is 2.10. The number of halogens is 1. The second-order valence-electron chi connectivity index (χ2n) is 4.55. The van der Waals surface area contributed by atoms with Crippen molar-refractivity contribution in [3.05, 3.63) is 23.0 Å². The van der Waals surface area contributed by atoms with Crippen LogP contribution in [0.3, 0.4) is 0 Å². The third-order valence-electron chi connectivity index (χ3n) is 2.82. The molecule has 1 heterocycles. The highest BCUT2D eigenvalue weighted by Crippen LogP contribution is 2.19. The molecule has 0 aliphatic rings. The Bertz CT molecular complexity index is 326. The largest absolute Gasteiger partial charge is 0.383 e. The number of aryl methyl sites for hydroxylation is 1. The van der Waals surface area contributed by atoms with E-state index < -0.39 is 0 Å². The number of hydrogen-bond acceptors (Lipinski definition) is 2. The lowest BCUT2D eigenvalue weighted by Crippen LogP contribution is -2.03. The quantitative estimate of drug-likeness (QED) is 0.532. The Labute approximate surface area is 110 Å². The van der Waals surface area contributed by atoms with Crippen LogP contribution in [0.25, 0.3) is 0 Å². The molecule has 0 saturated heterocycles. The molecular formula is C14H23ClN2. The Morgan fingerprint density at radius 2 is 1.88 bits per heavy atom. The van der Waals surface area contributed by atoms with Gasteiger partial charge in [-0.1, -0.05) is 50.6 Å². The van der Waals surface area contributed by atoms with Crippen molar-refractivity contribution in [1.29, 1.82) is 0 Å². The minimum atomic E-state index is 0.571. The summed E-state index contributed by atoms with van der Waals surface area (Å²) in [6, 6.07) is 2.05. The maximum absolute atomic E-state index is 6.00. The smallest absolute Gasteiger partial charge is 0.152 e. The first kappa shape index (κ1) is 14.3. The van der Waals surface area contributed by atoms with Gasteiger partial charge < -0.3 is 5.32 Å². The fraction of sp³-hybridized carbons (Fsp3) is 0.643. The van der Waals surface area contributed by atoms with Crippen molar-refractivity contribution in [1.82, 2.24) is 4.98 Å². The van der Waals surface area contributed by atoms with Crippen molar-refractivity contribution in [2.45, 2.75) is 52.4 Å². The van der Waals surface area contributed by atoms with Crippen LogP contribution in [0, 0.1) is 6.92 Å². The maximum Gasteiger partial charge on any atom is 0.152 e. The Kier molecular flexibility index (Phi) is 7.02. The molecule has 3 heteroatoms. The van der Waals surface area contributed by atoms with E-state index >= 15 is 0 Å². The molecule has 0 atom stereocenters. The van der Waals surface area contributed by atoms with Gasteiger partial charge in [-0.3, -0.25) is 0 Å². The summed E-state index contributed by atoms with van der Waals surface area (Å²) < 4.78 is 0. The second-order valence-corrected chi connectivity index (χ2v) is 4.90. The first-order valence-electron chi connectivity index (χ1n) is 6.60. The lowest BCUT2D eigenvalue weighted by Gasteiger charge is -2.08. The molecule has 0 amide bonds. The Morgan fingerprint density at radius 1 is 1.18 bits per heavy atom. The van der Waals surface area contributed by atoms with E-state index in [1.807, 2.05) is 13.0 Å². The van der Waals surface area contributed by atoms with Crippen LogP contribution in [0.1, 0.15) is 51.0 Å². The molecule has 0 saturated carbocycles. The predicted octanol–water partition coefficient (Wildman–Crippen LogP) is 4.82. The fourth-order valence-electron chi connectivity index (χ4n) is 1.80. The molecule has 0 radical (unpaired) electrons. The number of unbranched alkanes of at least 4 members (excludes halogenated alkanes) is 5. The molecule has 1 rings (SSSR count).